The average Bonchev–Trinajstić information content (AvgIpc) is 2.11. The Kier molecular flexibility index (Phi) is 3.14. The second-order valence-electron chi connectivity index (χ2n) is 2.82. The van der Waals surface area contributed by atoms with Gasteiger partial charge in [0.05, 0.1) is 6.61 Å². The molecule has 0 heterocycles. The summed E-state index contributed by atoms with van der Waals surface area (Å²) < 4.78 is 25.1. The topological polar surface area (TPSA) is 20.2 Å². The van der Waals surface area contributed by atoms with Crippen molar-refractivity contribution >= 4 is 6.08 Å². The molecule has 0 saturated carbocycles. The molecule has 0 spiro atoms. The number of hydrogen-bond donors (Lipinski definition) is 1. The molecule has 0 fully saturated rings. The van der Waals surface area contributed by atoms with Gasteiger partial charge in [-0.2, -0.15) is 0 Å². The van der Waals surface area contributed by atoms with Crippen molar-refractivity contribution in [3.8, 4) is 0 Å². The lowest BCUT2D eigenvalue weighted by Gasteiger charge is -1.97. The first-order chi connectivity index (χ1) is 6.13. The van der Waals surface area contributed by atoms with Crippen LogP contribution in [0.15, 0.2) is 23.8 Å². The minimum Gasteiger partial charge on any atom is -0.392 e. The summed E-state index contributed by atoms with van der Waals surface area (Å²) in [4.78, 5) is 0. The van der Waals surface area contributed by atoms with Gasteiger partial charge in [-0.05, 0) is 30.2 Å². The number of hydrogen-bond acceptors (Lipinski definition) is 1. The van der Waals surface area contributed by atoms with Gasteiger partial charge in [0.2, 0.25) is 0 Å². The third-order valence-corrected chi connectivity index (χ3v) is 1.61. The molecule has 1 aromatic carbocycles. The Morgan fingerprint density at radius 1 is 1.38 bits per heavy atom. The lowest BCUT2D eigenvalue weighted by Crippen LogP contribution is -1.87. The van der Waals surface area contributed by atoms with E-state index in [2.05, 4.69) is 0 Å². The number of aliphatic hydroxyl groups is 1. The molecule has 0 saturated heterocycles. The molecule has 1 rings (SSSR count). The van der Waals surface area contributed by atoms with Crippen molar-refractivity contribution in [3.05, 3.63) is 41.0 Å². The Morgan fingerprint density at radius 3 is 2.62 bits per heavy atom. The zero-order valence-electron chi connectivity index (χ0n) is 7.22. The average molecular weight is 184 g/mol. The number of benzene rings is 1. The summed E-state index contributed by atoms with van der Waals surface area (Å²) in [5.74, 6) is -1.74. The van der Waals surface area contributed by atoms with Gasteiger partial charge in [0.1, 0.15) is 0 Å². The van der Waals surface area contributed by atoms with Gasteiger partial charge < -0.3 is 5.11 Å². The maximum absolute atomic E-state index is 12.7. The molecule has 1 nitrogen and oxygen atoms in total. The van der Waals surface area contributed by atoms with Crippen molar-refractivity contribution in [2.45, 2.75) is 6.92 Å². The van der Waals surface area contributed by atoms with E-state index in [-0.39, 0.29) is 6.61 Å². The van der Waals surface area contributed by atoms with Crippen molar-refractivity contribution in [1.29, 1.82) is 0 Å². The zero-order valence-corrected chi connectivity index (χ0v) is 7.22. The van der Waals surface area contributed by atoms with Crippen LogP contribution < -0.4 is 0 Å². The highest BCUT2D eigenvalue weighted by atomic mass is 19.2. The van der Waals surface area contributed by atoms with E-state index in [0.29, 0.717) is 11.1 Å². The van der Waals surface area contributed by atoms with Crippen LogP contribution in [0.5, 0.6) is 0 Å². The van der Waals surface area contributed by atoms with Crippen LogP contribution >= 0.6 is 0 Å². The largest absolute Gasteiger partial charge is 0.392 e. The Hall–Kier alpha value is -1.22. The fourth-order valence-corrected chi connectivity index (χ4v) is 0.932. The molecule has 0 aliphatic carbocycles. The second-order valence-corrected chi connectivity index (χ2v) is 2.82. The van der Waals surface area contributed by atoms with E-state index in [0.717, 1.165) is 12.1 Å². The summed E-state index contributed by atoms with van der Waals surface area (Å²) in [6.07, 6.45) is 1.60. The second kappa shape index (κ2) is 4.14. The molecule has 1 aromatic rings. The molecule has 1 N–H and O–H groups in total. The Balaban J connectivity index is 2.98. The molecule has 0 aromatic heterocycles. The van der Waals surface area contributed by atoms with Gasteiger partial charge in [-0.1, -0.05) is 12.1 Å². The van der Waals surface area contributed by atoms with Gasteiger partial charge in [0.25, 0.3) is 0 Å². The standard InChI is InChI=1S/C10H10F2O/c1-7(6-13)4-8-2-3-9(11)10(12)5-8/h2-5,13H,6H2,1H3. The van der Waals surface area contributed by atoms with Gasteiger partial charge >= 0.3 is 0 Å². The van der Waals surface area contributed by atoms with E-state index in [1.807, 2.05) is 0 Å². The minimum absolute atomic E-state index is 0.0843. The van der Waals surface area contributed by atoms with Crippen molar-refractivity contribution in [2.24, 2.45) is 0 Å². The molecule has 13 heavy (non-hydrogen) atoms. The van der Waals surface area contributed by atoms with E-state index < -0.39 is 11.6 Å². The quantitative estimate of drug-likeness (QED) is 0.748. The van der Waals surface area contributed by atoms with Crippen LogP contribution in [0.2, 0.25) is 0 Å². The molecule has 0 bridgehead atoms. The molecule has 0 atom stereocenters. The Morgan fingerprint density at radius 2 is 2.08 bits per heavy atom. The van der Waals surface area contributed by atoms with E-state index in [9.17, 15) is 8.78 Å². The SMILES string of the molecule is CC(=Cc1ccc(F)c(F)c1)CO. The molecule has 0 aliphatic heterocycles. The summed E-state index contributed by atoms with van der Waals surface area (Å²) in [6, 6.07) is 3.61. The van der Waals surface area contributed by atoms with Crippen LogP contribution in [-0.2, 0) is 0 Å². The first-order valence-corrected chi connectivity index (χ1v) is 3.86. The van der Waals surface area contributed by atoms with Gasteiger partial charge in [0.15, 0.2) is 11.6 Å². The summed E-state index contributed by atoms with van der Waals surface area (Å²) >= 11 is 0. The smallest absolute Gasteiger partial charge is 0.159 e. The van der Waals surface area contributed by atoms with E-state index >= 15 is 0 Å². The summed E-state index contributed by atoms with van der Waals surface area (Å²) in [7, 11) is 0. The van der Waals surface area contributed by atoms with Crippen LogP contribution in [0.1, 0.15) is 12.5 Å². The molecular formula is C10H10F2O. The van der Waals surface area contributed by atoms with E-state index in [1.165, 1.54) is 6.07 Å². The van der Waals surface area contributed by atoms with Crippen molar-refractivity contribution in [3.63, 3.8) is 0 Å². The highest BCUT2D eigenvalue weighted by Crippen LogP contribution is 2.11. The molecular weight excluding hydrogens is 174 g/mol. The number of halogens is 2. The molecule has 0 radical (unpaired) electrons. The molecule has 0 aliphatic rings. The van der Waals surface area contributed by atoms with Crippen molar-refractivity contribution < 1.29 is 13.9 Å². The van der Waals surface area contributed by atoms with Crippen molar-refractivity contribution in [2.75, 3.05) is 6.61 Å². The van der Waals surface area contributed by atoms with E-state index in [1.54, 1.807) is 13.0 Å². The zero-order chi connectivity index (χ0) is 9.84. The van der Waals surface area contributed by atoms with Crippen molar-refractivity contribution in [1.82, 2.24) is 0 Å². The molecule has 3 heteroatoms. The molecule has 70 valence electrons. The van der Waals surface area contributed by atoms with Crippen LogP contribution in [0.4, 0.5) is 8.78 Å². The lowest BCUT2D eigenvalue weighted by molar-refractivity contribution is 0.332. The molecule has 0 unspecified atom stereocenters. The van der Waals surface area contributed by atoms with Gasteiger partial charge in [-0.15, -0.1) is 0 Å². The predicted octanol–water partition coefficient (Wildman–Crippen LogP) is 2.36. The molecule has 0 amide bonds. The fraction of sp³-hybridized carbons (Fsp3) is 0.200. The van der Waals surface area contributed by atoms with Crippen LogP contribution in [0.3, 0.4) is 0 Å². The van der Waals surface area contributed by atoms with Gasteiger partial charge in [-0.25, -0.2) is 8.78 Å². The number of aliphatic hydroxyl groups excluding tert-OH is 1. The Labute approximate surface area is 75.3 Å². The van der Waals surface area contributed by atoms with E-state index in [4.69, 9.17) is 5.11 Å². The predicted molar refractivity (Wildman–Crippen MR) is 47.1 cm³/mol. The maximum atomic E-state index is 12.7. The van der Waals surface area contributed by atoms with Crippen LogP contribution in [-0.4, -0.2) is 11.7 Å². The first kappa shape index (κ1) is 9.86. The minimum atomic E-state index is -0.875. The lowest BCUT2D eigenvalue weighted by atomic mass is 10.1. The van der Waals surface area contributed by atoms with Crippen LogP contribution in [0.25, 0.3) is 6.08 Å². The summed E-state index contributed by atoms with van der Waals surface area (Å²) in [6.45, 7) is 1.63. The normalized spacial score (nSPS) is 11.8. The third kappa shape index (κ3) is 2.63. The Bertz CT molecular complexity index is 332. The fourth-order valence-electron chi connectivity index (χ4n) is 0.932. The summed E-state index contributed by atoms with van der Waals surface area (Å²) in [5, 5.41) is 8.68. The first-order valence-electron chi connectivity index (χ1n) is 3.86. The highest BCUT2D eigenvalue weighted by molar-refractivity contribution is 5.52. The van der Waals surface area contributed by atoms with Crippen LogP contribution in [0, 0.1) is 11.6 Å². The maximum Gasteiger partial charge on any atom is 0.159 e. The van der Waals surface area contributed by atoms with Gasteiger partial charge in [0, 0.05) is 0 Å². The highest BCUT2D eigenvalue weighted by Gasteiger charge is 2.00. The monoisotopic (exact) mass is 184 g/mol. The summed E-state index contributed by atoms with van der Waals surface area (Å²) in [5.41, 5.74) is 1.25. The third-order valence-electron chi connectivity index (χ3n) is 1.61. The number of rotatable bonds is 2. The van der Waals surface area contributed by atoms with Gasteiger partial charge in [-0.3, -0.25) is 0 Å².